The molecule has 1 fully saturated rings. The fourth-order valence-electron chi connectivity index (χ4n) is 3.92. The zero-order valence-corrected chi connectivity index (χ0v) is 14.0. The van der Waals surface area contributed by atoms with Crippen molar-refractivity contribution in [2.45, 2.75) is 25.3 Å². The number of hydrogen-bond donors (Lipinski definition) is 2. The first-order valence-electron chi connectivity index (χ1n) is 8.48. The minimum atomic E-state index is -1.05. The van der Waals surface area contributed by atoms with E-state index >= 15 is 0 Å². The molecule has 2 N–H and O–H groups in total. The molecule has 8 nitrogen and oxygen atoms in total. The van der Waals surface area contributed by atoms with Crippen molar-refractivity contribution in [2.75, 3.05) is 18.0 Å². The van der Waals surface area contributed by atoms with Crippen LogP contribution in [0.4, 0.5) is 10.5 Å². The Kier molecular flexibility index (Phi) is 3.84. The van der Waals surface area contributed by atoms with Gasteiger partial charge in [-0.15, -0.1) is 0 Å². The van der Waals surface area contributed by atoms with Crippen LogP contribution in [0.25, 0.3) is 11.1 Å². The van der Waals surface area contributed by atoms with Gasteiger partial charge >= 0.3 is 6.09 Å². The number of hydrogen-bond acceptors (Lipinski definition) is 4. The van der Waals surface area contributed by atoms with E-state index in [9.17, 15) is 20.0 Å². The summed E-state index contributed by atoms with van der Waals surface area (Å²) >= 11 is 0. The van der Waals surface area contributed by atoms with E-state index in [1.807, 2.05) is 18.2 Å². The van der Waals surface area contributed by atoms with Crippen molar-refractivity contribution < 1.29 is 14.7 Å². The standard InChI is InChI=1S/C18H17N5O3/c19-9-14-13(10-20-21-14)11-3-1-4-15-12(11)6-8-22(15)17(24)16-5-2-7-23(16)18(25)26/h1,3-4,10,16H,2,5-8H2,(H,20,21)(H,25,26)/t16-/m0/s1. The minimum absolute atomic E-state index is 0.173. The van der Waals surface area contributed by atoms with Gasteiger partial charge in [0, 0.05) is 24.3 Å². The van der Waals surface area contributed by atoms with Crippen molar-refractivity contribution in [3.63, 3.8) is 0 Å². The number of aromatic nitrogens is 2. The average molecular weight is 351 g/mol. The van der Waals surface area contributed by atoms with Gasteiger partial charge in [0.25, 0.3) is 0 Å². The number of nitrogens with one attached hydrogen (secondary N) is 1. The Morgan fingerprint density at radius 2 is 2.15 bits per heavy atom. The number of fused-ring (bicyclic) bond motifs is 1. The predicted octanol–water partition coefficient (Wildman–Crippen LogP) is 1.98. The molecule has 26 heavy (non-hydrogen) atoms. The predicted molar refractivity (Wildman–Crippen MR) is 92.5 cm³/mol. The van der Waals surface area contributed by atoms with Crippen LogP contribution in [0.5, 0.6) is 0 Å². The number of nitrogens with zero attached hydrogens (tertiary/aromatic N) is 4. The lowest BCUT2D eigenvalue weighted by Gasteiger charge is -2.26. The number of carboxylic acid groups (broad SMARTS) is 1. The Hall–Kier alpha value is -3.34. The second-order valence-electron chi connectivity index (χ2n) is 6.45. The summed E-state index contributed by atoms with van der Waals surface area (Å²) in [5.74, 6) is -0.173. The van der Waals surface area contributed by atoms with Gasteiger partial charge in [0.1, 0.15) is 17.8 Å². The number of H-pyrrole nitrogens is 1. The summed E-state index contributed by atoms with van der Waals surface area (Å²) in [5.41, 5.74) is 3.75. The van der Waals surface area contributed by atoms with Gasteiger partial charge in [-0.25, -0.2) is 4.79 Å². The summed E-state index contributed by atoms with van der Waals surface area (Å²) in [6.45, 7) is 0.905. The lowest BCUT2D eigenvalue weighted by Crippen LogP contribution is -2.47. The average Bonchev–Trinajstić information content (AvgIpc) is 3.38. The van der Waals surface area contributed by atoms with Gasteiger partial charge in [-0.1, -0.05) is 12.1 Å². The first-order chi connectivity index (χ1) is 12.6. The maximum atomic E-state index is 13.0. The number of carbonyl (C=O) groups is 2. The van der Waals surface area contributed by atoms with Gasteiger partial charge < -0.3 is 10.0 Å². The number of anilines is 1. The van der Waals surface area contributed by atoms with Crippen molar-refractivity contribution in [3.05, 3.63) is 35.7 Å². The van der Waals surface area contributed by atoms with Crippen LogP contribution in [0.2, 0.25) is 0 Å². The maximum Gasteiger partial charge on any atom is 0.407 e. The molecule has 0 unspecified atom stereocenters. The normalized spacial score (nSPS) is 18.7. The highest BCUT2D eigenvalue weighted by Gasteiger charge is 2.39. The first kappa shape index (κ1) is 16.1. The molecule has 1 aromatic carbocycles. The van der Waals surface area contributed by atoms with Gasteiger partial charge in [-0.05, 0) is 36.5 Å². The summed E-state index contributed by atoms with van der Waals surface area (Å²) < 4.78 is 0. The minimum Gasteiger partial charge on any atom is -0.465 e. The van der Waals surface area contributed by atoms with Crippen LogP contribution in [0.15, 0.2) is 24.4 Å². The van der Waals surface area contributed by atoms with E-state index in [1.54, 1.807) is 11.1 Å². The summed E-state index contributed by atoms with van der Waals surface area (Å²) in [7, 11) is 0. The molecule has 0 bridgehead atoms. The zero-order valence-electron chi connectivity index (χ0n) is 14.0. The monoisotopic (exact) mass is 351 g/mol. The second kappa shape index (κ2) is 6.19. The topological polar surface area (TPSA) is 113 Å². The Morgan fingerprint density at radius 3 is 2.92 bits per heavy atom. The van der Waals surface area contributed by atoms with Gasteiger partial charge in [-0.3, -0.25) is 14.8 Å². The van der Waals surface area contributed by atoms with E-state index in [0.29, 0.717) is 43.6 Å². The number of carbonyl (C=O) groups excluding carboxylic acids is 1. The van der Waals surface area contributed by atoms with Crippen molar-refractivity contribution in [1.82, 2.24) is 15.1 Å². The Morgan fingerprint density at radius 1 is 1.31 bits per heavy atom. The highest BCUT2D eigenvalue weighted by atomic mass is 16.4. The Labute approximate surface area is 149 Å². The fourth-order valence-corrected chi connectivity index (χ4v) is 3.92. The molecule has 0 spiro atoms. The zero-order chi connectivity index (χ0) is 18.3. The maximum absolute atomic E-state index is 13.0. The molecule has 1 aromatic heterocycles. The highest BCUT2D eigenvalue weighted by Crippen LogP contribution is 2.38. The van der Waals surface area contributed by atoms with Gasteiger partial charge in [-0.2, -0.15) is 10.4 Å². The molecule has 0 aliphatic carbocycles. The van der Waals surface area contributed by atoms with E-state index in [1.165, 1.54) is 4.90 Å². The second-order valence-corrected chi connectivity index (χ2v) is 6.45. The molecule has 1 atom stereocenters. The number of aromatic amines is 1. The van der Waals surface area contributed by atoms with Gasteiger partial charge in [0.2, 0.25) is 5.91 Å². The number of benzene rings is 1. The van der Waals surface area contributed by atoms with Crippen LogP contribution in [0.1, 0.15) is 24.1 Å². The molecule has 8 heteroatoms. The fraction of sp³-hybridized carbons (Fsp3) is 0.333. The third kappa shape index (κ3) is 2.40. The van der Waals surface area contributed by atoms with Crippen molar-refractivity contribution >= 4 is 17.7 Å². The summed E-state index contributed by atoms with van der Waals surface area (Å²) in [6.07, 6.45) is 2.47. The van der Waals surface area contributed by atoms with E-state index in [-0.39, 0.29) is 5.91 Å². The van der Waals surface area contributed by atoms with E-state index in [2.05, 4.69) is 16.3 Å². The van der Waals surface area contributed by atoms with Crippen LogP contribution < -0.4 is 4.90 Å². The summed E-state index contributed by atoms with van der Waals surface area (Å²) in [6, 6.07) is 7.10. The molecule has 2 aliphatic heterocycles. The molecular weight excluding hydrogens is 334 g/mol. The van der Waals surface area contributed by atoms with Crippen molar-refractivity contribution in [3.8, 4) is 17.2 Å². The SMILES string of the molecule is N#Cc1[nH]ncc1-c1cccc2c1CCN2C(=O)[C@@H]1CCCN1C(=O)O. The summed E-state index contributed by atoms with van der Waals surface area (Å²) in [5, 5.41) is 25.2. The van der Waals surface area contributed by atoms with E-state index in [0.717, 1.165) is 16.8 Å². The smallest absolute Gasteiger partial charge is 0.407 e. The van der Waals surface area contributed by atoms with Gasteiger partial charge in [0.15, 0.2) is 0 Å². The number of likely N-dealkylation sites (tertiary alicyclic amines) is 1. The van der Waals surface area contributed by atoms with Crippen molar-refractivity contribution in [1.29, 1.82) is 5.26 Å². The molecule has 3 heterocycles. The van der Waals surface area contributed by atoms with E-state index in [4.69, 9.17) is 0 Å². The molecule has 0 saturated carbocycles. The molecule has 132 valence electrons. The van der Waals surface area contributed by atoms with Crippen LogP contribution >= 0.6 is 0 Å². The molecule has 0 radical (unpaired) electrons. The lowest BCUT2D eigenvalue weighted by atomic mass is 9.98. The summed E-state index contributed by atoms with van der Waals surface area (Å²) in [4.78, 5) is 27.3. The highest BCUT2D eigenvalue weighted by molar-refractivity contribution is 6.01. The van der Waals surface area contributed by atoms with Crippen LogP contribution in [0, 0.1) is 11.3 Å². The number of amides is 2. The molecule has 1 saturated heterocycles. The third-order valence-electron chi connectivity index (χ3n) is 5.12. The number of rotatable bonds is 2. The van der Waals surface area contributed by atoms with Crippen LogP contribution in [-0.4, -0.2) is 51.3 Å². The lowest BCUT2D eigenvalue weighted by molar-refractivity contribution is -0.122. The first-order valence-corrected chi connectivity index (χ1v) is 8.48. The largest absolute Gasteiger partial charge is 0.465 e. The molecule has 2 aliphatic rings. The van der Waals surface area contributed by atoms with Gasteiger partial charge in [0.05, 0.1) is 6.20 Å². The van der Waals surface area contributed by atoms with Crippen LogP contribution in [-0.2, 0) is 11.2 Å². The van der Waals surface area contributed by atoms with Crippen LogP contribution in [0.3, 0.4) is 0 Å². The molecule has 2 amide bonds. The molecule has 4 rings (SSSR count). The molecule has 2 aromatic rings. The van der Waals surface area contributed by atoms with Crippen molar-refractivity contribution in [2.24, 2.45) is 0 Å². The Bertz CT molecular complexity index is 929. The number of nitriles is 1. The third-order valence-corrected chi connectivity index (χ3v) is 5.12. The quantitative estimate of drug-likeness (QED) is 0.859. The molecular formula is C18H17N5O3. The van der Waals surface area contributed by atoms with E-state index < -0.39 is 12.1 Å². The Balaban J connectivity index is 1.69.